The molecule has 1 aromatic heterocycles. The van der Waals surface area contributed by atoms with E-state index in [-0.39, 0.29) is 4.90 Å². The van der Waals surface area contributed by atoms with Gasteiger partial charge in [0.1, 0.15) is 5.82 Å². The third kappa shape index (κ3) is 2.64. The zero-order valence-electron chi connectivity index (χ0n) is 12.1. The van der Waals surface area contributed by atoms with Gasteiger partial charge in [-0.2, -0.15) is 4.31 Å². The Morgan fingerprint density at radius 1 is 1.33 bits per heavy atom. The van der Waals surface area contributed by atoms with Gasteiger partial charge >= 0.3 is 0 Å². The Morgan fingerprint density at radius 3 is 2.86 bits per heavy atom. The van der Waals surface area contributed by atoms with Crippen molar-refractivity contribution in [1.29, 1.82) is 0 Å². The molecule has 2 fully saturated rings. The second kappa shape index (κ2) is 5.53. The molecule has 0 aliphatic carbocycles. The summed E-state index contributed by atoms with van der Waals surface area (Å²) in [4.78, 5) is 6.53. The topological polar surface area (TPSA) is 91.6 Å². The van der Waals surface area contributed by atoms with E-state index in [9.17, 15) is 8.42 Å². The van der Waals surface area contributed by atoms with Crippen molar-refractivity contribution in [2.45, 2.75) is 36.2 Å². The van der Waals surface area contributed by atoms with Crippen LogP contribution in [-0.2, 0) is 10.0 Å². The molecular weight excluding hydrogens is 290 g/mol. The molecule has 7 nitrogen and oxygen atoms in total. The second-order valence-corrected chi connectivity index (χ2v) is 7.66. The van der Waals surface area contributed by atoms with Crippen LogP contribution in [0.3, 0.4) is 0 Å². The zero-order chi connectivity index (χ0) is 15.0. The van der Waals surface area contributed by atoms with E-state index in [0.717, 1.165) is 12.8 Å². The summed E-state index contributed by atoms with van der Waals surface area (Å²) < 4.78 is 27.2. The molecule has 0 saturated carbocycles. The maximum absolute atomic E-state index is 12.8. The van der Waals surface area contributed by atoms with Crippen molar-refractivity contribution in [1.82, 2.24) is 14.2 Å². The number of fused-ring (bicyclic) bond motifs is 2. The van der Waals surface area contributed by atoms with E-state index in [1.54, 1.807) is 4.31 Å². The molecule has 0 radical (unpaired) electrons. The minimum atomic E-state index is -3.49. The van der Waals surface area contributed by atoms with Crippen LogP contribution < -0.4 is 11.3 Å². The summed E-state index contributed by atoms with van der Waals surface area (Å²) in [6.45, 7) is 1.13. The van der Waals surface area contributed by atoms with E-state index < -0.39 is 10.0 Å². The van der Waals surface area contributed by atoms with Crippen LogP contribution in [0, 0.1) is 0 Å². The lowest BCUT2D eigenvalue weighted by Crippen LogP contribution is -2.39. The van der Waals surface area contributed by atoms with Gasteiger partial charge in [0.05, 0.1) is 4.90 Å². The Morgan fingerprint density at radius 2 is 2.10 bits per heavy atom. The average molecular weight is 311 g/mol. The highest BCUT2D eigenvalue weighted by molar-refractivity contribution is 7.89. The third-order valence-corrected chi connectivity index (χ3v) is 6.49. The number of nitrogens with zero attached hydrogens (tertiary/aromatic N) is 3. The van der Waals surface area contributed by atoms with Gasteiger partial charge in [-0.1, -0.05) is 0 Å². The van der Waals surface area contributed by atoms with Crippen LogP contribution >= 0.6 is 0 Å². The van der Waals surface area contributed by atoms with Crippen LogP contribution in [-0.4, -0.2) is 54.8 Å². The van der Waals surface area contributed by atoms with E-state index in [1.807, 2.05) is 0 Å². The number of anilines is 1. The summed E-state index contributed by atoms with van der Waals surface area (Å²) in [5.74, 6) is 5.66. The van der Waals surface area contributed by atoms with E-state index >= 15 is 0 Å². The quantitative estimate of drug-likeness (QED) is 0.613. The van der Waals surface area contributed by atoms with E-state index in [0.29, 0.717) is 31.0 Å². The first kappa shape index (κ1) is 14.7. The number of sulfonamides is 1. The van der Waals surface area contributed by atoms with Crippen LogP contribution in [0.2, 0.25) is 0 Å². The molecule has 2 unspecified atom stereocenters. The van der Waals surface area contributed by atoms with Gasteiger partial charge in [0.15, 0.2) is 0 Å². The third-order valence-electron chi connectivity index (χ3n) is 4.63. The lowest BCUT2D eigenvalue weighted by Gasteiger charge is -2.25. The second-order valence-electron chi connectivity index (χ2n) is 5.72. The Balaban J connectivity index is 1.87. The van der Waals surface area contributed by atoms with Gasteiger partial charge < -0.3 is 5.43 Å². The molecule has 8 heteroatoms. The number of likely N-dealkylation sites (N-methyl/N-ethyl adjacent to an activating group) is 1. The van der Waals surface area contributed by atoms with Gasteiger partial charge in [0.2, 0.25) is 10.0 Å². The lowest BCUT2D eigenvalue weighted by molar-refractivity contribution is 0.246. The van der Waals surface area contributed by atoms with Crippen LogP contribution in [0.5, 0.6) is 0 Å². The van der Waals surface area contributed by atoms with Gasteiger partial charge in [-0.25, -0.2) is 19.2 Å². The Labute approximate surface area is 125 Å². The van der Waals surface area contributed by atoms with E-state index in [2.05, 4.69) is 22.4 Å². The van der Waals surface area contributed by atoms with Crippen molar-refractivity contribution in [3.8, 4) is 0 Å². The first-order valence-corrected chi connectivity index (χ1v) is 8.61. The SMILES string of the molecule is CN1C2CCC1CN(S(=O)(=O)c1ccnc(NN)c1)CC2. The molecule has 0 amide bonds. The number of hydrogen-bond acceptors (Lipinski definition) is 6. The monoisotopic (exact) mass is 311 g/mol. The fourth-order valence-corrected chi connectivity index (χ4v) is 4.80. The Hall–Kier alpha value is -1.22. The molecule has 0 aromatic carbocycles. The summed E-state index contributed by atoms with van der Waals surface area (Å²) in [7, 11) is -1.39. The molecule has 2 atom stereocenters. The Kier molecular flexibility index (Phi) is 3.87. The summed E-state index contributed by atoms with van der Waals surface area (Å²) >= 11 is 0. The molecule has 21 heavy (non-hydrogen) atoms. The molecule has 2 aliphatic heterocycles. The number of nitrogen functional groups attached to an aromatic ring is 1. The molecule has 3 heterocycles. The number of hydrogen-bond donors (Lipinski definition) is 2. The first-order valence-electron chi connectivity index (χ1n) is 7.17. The number of aromatic nitrogens is 1. The fraction of sp³-hybridized carbons (Fsp3) is 0.615. The maximum atomic E-state index is 12.8. The zero-order valence-corrected chi connectivity index (χ0v) is 12.9. The highest BCUT2D eigenvalue weighted by Crippen LogP contribution is 2.31. The normalized spacial score (nSPS) is 27.5. The summed E-state index contributed by atoms with van der Waals surface area (Å²) in [5, 5.41) is 0. The molecule has 2 aliphatic rings. The van der Waals surface area contributed by atoms with Crippen molar-refractivity contribution in [2.24, 2.45) is 5.84 Å². The number of rotatable bonds is 3. The molecule has 3 N–H and O–H groups in total. The van der Waals surface area contributed by atoms with Crippen LogP contribution in [0.15, 0.2) is 23.2 Å². The van der Waals surface area contributed by atoms with Gasteiger partial charge in [0, 0.05) is 37.4 Å². The average Bonchev–Trinajstić information content (AvgIpc) is 2.71. The van der Waals surface area contributed by atoms with Crippen LogP contribution in [0.4, 0.5) is 5.82 Å². The number of nitrogens with one attached hydrogen (secondary N) is 1. The minimum absolute atomic E-state index is 0.242. The first-order chi connectivity index (χ1) is 10.0. The van der Waals surface area contributed by atoms with Gasteiger partial charge in [-0.15, -0.1) is 0 Å². The van der Waals surface area contributed by atoms with Gasteiger partial charge in [0.25, 0.3) is 0 Å². The van der Waals surface area contributed by atoms with Crippen LogP contribution in [0.1, 0.15) is 19.3 Å². The number of pyridine rings is 1. The summed E-state index contributed by atoms with van der Waals surface area (Å²) in [5.41, 5.74) is 2.39. The molecule has 116 valence electrons. The minimum Gasteiger partial charge on any atom is -0.308 e. The maximum Gasteiger partial charge on any atom is 0.243 e. The van der Waals surface area contributed by atoms with Crippen molar-refractivity contribution in [3.63, 3.8) is 0 Å². The molecule has 3 rings (SSSR count). The highest BCUT2D eigenvalue weighted by Gasteiger charge is 2.38. The molecule has 2 bridgehead atoms. The van der Waals surface area contributed by atoms with E-state index in [4.69, 9.17) is 5.84 Å². The van der Waals surface area contributed by atoms with E-state index in [1.165, 1.54) is 24.8 Å². The van der Waals surface area contributed by atoms with Crippen LogP contribution in [0.25, 0.3) is 0 Å². The number of hydrazine groups is 1. The highest BCUT2D eigenvalue weighted by atomic mass is 32.2. The predicted octanol–water partition coefficient (Wildman–Crippen LogP) is 0.224. The van der Waals surface area contributed by atoms with Gasteiger partial charge in [-0.05, 0) is 32.4 Å². The Bertz CT molecular complexity index is 621. The fourth-order valence-electron chi connectivity index (χ4n) is 3.30. The molecule has 1 aromatic rings. The summed E-state index contributed by atoms with van der Waals surface area (Å²) in [6.07, 6.45) is 4.59. The van der Waals surface area contributed by atoms with Gasteiger partial charge in [-0.3, -0.25) is 4.90 Å². The van der Waals surface area contributed by atoms with Crippen molar-refractivity contribution < 1.29 is 8.42 Å². The summed E-state index contributed by atoms with van der Waals surface area (Å²) in [6, 6.07) is 3.82. The van der Waals surface area contributed by atoms with Crippen molar-refractivity contribution >= 4 is 15.8 Å². The van der Waals surface area contributed by atoms with Crippen molar-refractivity contribution in [3.05, 3.63) is 18.3 Å². The molecule has 0 spiro atoms. The standard InChI is InChI=1S/C13H21N5O2S/c1-17-10-2-3-11(17)9-18(7-5-10)21(19,20)12-4-6-15-13(8-12)16-14/h4,6,8,10-11H,2-3,5,7,9,14H2,1H3,(H,15,16). The smallest absolute Gasteiger partial charge is 0.243 e. The predicted molar refractivity (Wildman–Crippen MR) is 80.0 cm³/mol. The lowest BCUT2D eigenvalue weighted by atomic mass is 10.1. The van der Waals surface area contributed by atoms with Crippen molar-refractivity contribution in [2.75, 3.05) is 25.6 Å². The number of nitrogens with two attached hydrogens (primary N) is 1. The largest absolute Gasteiger partial charge is 0.308 e. The molecule has 2 saturated heterocycles. The molecular formula is C13H21N5O2S.